The van der Waals surface area contributed by atoms with Crippen LogP contribution in [0.25, 0.3) is 16.6 Å². The summed E-state index contributed by atoms with van der Waals surface area (Å²) in [6, 6.07) is 6.97. The summed E-state index contributed by atoms with van der Waals surface area (Å²) in [6.07, 6.45) is 0.680. The van der Waals surface area contributed by atoms with Gasteiger partial charge < -0.3 is 10.4 Å². The zero-order chi connectivity index (χ0) is 19.7. The number of hydrogen-bond donors (Lipinski definition) is 2. The Morgan fingerprint density at radius 3 is 2.59 bits per heavy atom. The second kappa shape index (κ2) is 7.34. The maximum absolute atomic E-state index is 12.2. The first-order chi connectivity index (χ1) is 12.8. The fraction of sp³-hybridized carbons (Fsp3) is 0.400. The maximum atomic E-state index is 12.2. The van der Waals surface area contributed by atoms with Crippen molar-refractivity contribution in [2.75, 3.05) is 0 Å². The predicted molar refractivity (Wildman–Crippen MR) is 103 cm³/mol. The fourth-order valence-corrected chi connectivity index (χ4v) is 3.34. The van der Waals surface area contributed by atoms with Crippen molar-refractivity contribution in [2.24, 2.45) is 5.92 Å². The molecule has 0 saturated carbocycles. The number of carbonyl (C=O) groups is 2. The summed E-state index contributed by atoms with van der Waals surface area (Å²) in [5, 5.41) is 17.4. The van der Waals surface area contributed by atoms with Gasteiger partial charge in [-0.3, -0.25) is 4.79 Å². The number of carbonyl (C=O) groups excluding carboxylic acids is 1. The van der Waals surface area contributed by atoms with E-state index in [1.165, 1.54) is 0 Å². The summed E-state index contributed by atoms with van der Waals surface area (Å²) < 4.78 is 1.82. The molecule has 0 spiro atoms. The lowest BCUT2D eigenvalue weighted by molar-refractivity contribution is -0.143. The molecule has 0 unspecified atom stereocenters. The standard InChI is InChI=1S/C20H24N4O3/c1-11(2)18(20(26)27)22-17(25)10-9-14-12(3)21-19-15-7-5-6-8-16(15)23-24(19)13(14)4/h5-8,11,18H,9-10H2,1-4H3,(H,22,25)(H,26,27)/t18-/m0/s1. The van der Waals surface area contributed by atoms with Crippen molar-refractivity contribution in [2.45, 2.75) is 46.6 Å². The molecule has 1 atom stereocenters. The minimum atomic E-state index is -1.02. The molecule has 0 fully saturated rings. The Bertz CT molecular complexity index is 1020. The van der Waals surface area contributed by atoms with Crippen LogP contribution in [0.2, 0.25) is 0 Å². The highest BCUT2D eigenvalue weighted by Crippen LogP contribution is 2.22. The largest absolute Gasteiger partial charge is 0.480 e. The van der Waals surface area contributed by atoms with Crippen LogP contribution in [0, 0.1) is 19.8 Å². The Balaban J connectivity index is 1.84. The van der Waals surface area contributed by atoms with Gasteiger partial charge in [-0.15, -0.1) is 0 Å². The van der Waals surface area contributed by atoms with Crippen LogP contribution in [0.1, 0.15) is 37.2 Å². The van der Waals surface area contributed by atoms with Gasteiger partial charge in [-0.2, -0.15) is 5.10 Å². The molecule has 0 radical (unpaired) electrons. The topological polar surface area (TPSA) is 96.6 Å². The molecule has 2 heterocycles. The van der Waals surface area contributed by atoms with E-state index in [4.69, 9.17) is 4.98 Å². The molecule has 3 aromatic rings. The number of carboxylic acids is 1. The van der Waals surface area contributed by atoms with Crippen LogP contribution in [0.3, 0.4) is 0 Å². The van der Waals surface area contributed by atoms with Gasteiger partial charge in [0.05, 0.1) is 5.52 Å². The van der Waals surface area contributed by atoms with Crippen molar-refractivity contribution >= 4 is 28.4 Å². The monoisotopic (exact) mass is 368 g/mol. The first-order valence-corrected chi connectivity index (χ1v) is 9.05. The Hall–Kier alpha value is -2.96. The van der Waals surface area contributed by atoms with Gasteiger partial charge >= 0.3 is 5.97 Å². The quantitative estimate of drug-likeness (QED) is 0.697. The molecule has 0 aliphatic carbocycles. The van der Waals surface area contributed by atoms with Crippen LogP contribution in [-0.4, -0.2) is 37.6 Å². The molecular weight excluding hydrogens is 344 g/mol. The van der Waals surface area contributed by atoms with Crippen LogP contribution in [-0.2, 0) is 16.0 Å². The second-order valence-corrected chi connectivity index (χ2v) is 7.14. The molecule has 0 aliphatic heterocycles. The smallest absolute Gasteiger partial charge is 0.326 e. The molecule has 27 heavy (non-hydrogen) atoms. The Morgan fingerprint density at radius 1 is 1.22 bits per heavy atom. The minimum Gasteiger partial charge on any atom is -0.480 e. The molecule has 7 nitrogen and oxygen atoms in total. The van der Waals surface area contributed by atoms with Crippen molar-refractivity contribution in [3.8, 4) is 0 Å². The number of benzene rings is 1. The van der Waals surface area contributed by atoms with Crippen LogP contribution in [0.5, 0.6) is 0 Å². The van der Waals surface area contributed by atoms with Crippen LogP contribution >= 0.6 is 0 Å². The summed E-state index contributed by atoms with van der Waals surface area (Å²) in [4.78, 5) is 28.2. The highest BCUT2D eigenvalue weighted by Gasteiger charge is 2.23. The summed E-state index contributed by atoms with van der Waals surface area (Å²) in [5.74, 6) is -1.47. The molecule has 1 amide bonds. The van der Waals surface area contributed by atoms with Crippen molar-refractivity contribution in [1.82, 2.24) is 19.9 Å². The molecule has 0 bridgehead atoms. The second-order valence-electron chi connectivity index (χ2n) is 7.14. The SMILES string of the molecule is Cc1nc2c3ccccc3nn2c(C)c1CCC(=O)N[C@H](C(=O)O)C(C)C. The number of aryl methyl sites for hydroxylation is 2. The number of carboxylic acid groups (broad SMARTS) is 1. The number of aromatic nitrogens is 3. The van der Waals surface area contributed by atoms with Gasteiger partial charge in [-0.1, -0.05) is 26.0 Å². The molecule has 0 saturated heterocycles. The summed E-state index contributed by atoms with van der Waals surface area (Å²) in [7, 11) is 0. The number of aliphatic carboxylic acids is 1. The molecule has 7 heteroatoms. The van der Waals surface area contributed by atoms with E-state index >= 15 is 0 Å². The van der Waals surface area contributed by atoms with Crippen molar-refractivity contribution < 1.29 is 14.7 Å². The molecule has 1 aromatic carbocycles. The maximum Gasteiger partial charge on any atom is 0.326 e. The fourth-order valence-electron chi connectivity index (χ4n) is 3.34. The van der Waals surface area contributed by atoms with E-state index in [0.29, 0.717) is 6.42 Å². The molecule has 2 N–H and O–H groups in total. The number of amides is 1. The molecule has 0 aliphatic rings. The van der Waals surface area contributed by atoms with Crippen LogP contribution < -0.4 is 5.32 Å². The van der Waals surface area contributed by atoms with Gasteiger partial charge in [0.2, 0.25) is 5.91 Å². The van der Waals surface area contributed by atoms with Crippen molar-refractivity contribution in [3.05, 3.63) is 41.2 Å². The summed E-state index contributed by atoms with van der Waals surface area (Å²) in [6.45, 7) is 7.44. The number of hydrogen-bond acceptors (Lipinski definition) is 4. The van der Waals surface area contributed by atoms with E-state index in [1.807, 2.05) is 42.6 Å². The molecule has 3 rings (SSSR count). The third-order valence-corrected chi connectivity index (χ3v) is 4.87. The van der Waals surface area contributed by atoms with E-state index in [0.717, 1.165) is 33.5 Å². The highest BCUT2D eigenvalue weighted by atomic mass is 16.4. The molecule has 2 aromatic heterocycles. The Kier molecular flexibility index (Phi) is 5.12. The number of nitrogens with one attached hydrogen (secondary N) is 1. The number of rotatable bonds is 6. The van der Waals surface area contributed by atoms with E-state index in [-0.39, 0.29) is 18.2 Å². The zero-order valence-electron chi connectivity index (χ0n) is 16.0. The lowest BCUT2D eigenvalue weighted by Crippen LogP contribution is -2.44. The third kappa shape index (κ3) is 3.63. The summed E-state index contributed by atoms with van der Waals surface area (Å²) >= 11 is 0. The molecular formula is C20H24N4O3. The number of nitrogens with zero attached hydrogens (tertiary/aromatic N) is 3. The predicted octanol–water partition coefficient (Wildman–Crippen LogP) is 2.66. The lowest BCUT2D eigenvalue weighted by Gasteiger charge is -2.18. The average Bonchev–Trinajstić information content (AvgIpc) is 2.98. The van der Waals surface area contributed by atoms with Crippen LogP contribution in [0.4, 0.5) is 0 Å². The van der Waals surface area contributed by atoms with Gasteiger partial charge in [-0.05, 0) is 43.9 Å². The number of fused-ring (bicyclic) bond motifs is 3. The van der Waals surface area contributed by atoms with E-state index in [9.17, 15) is 14.7 Å². The van der Waals surface area contributed by atoms with Gasteiger partial charge in [0.1, 0.15) is 6.04 Å². The highest BCUT2D eigenvalue weighted by molar-refractivity contribution is 5.92. The normalized spacial score (nSPS) is 12.6. The van der Waals surface area contributed by atoms with E-state index in [1.54, 1.807) is 13.8 Å². The zero-order valence-corrected chi connectivity index (χ0v) is 16.0. The van der Waals surface area contributed by atoms with Crippen LogP contribution in [0.15, 0.2) is 24.3 Å². The Labute approximate surface area is 157 Å². The average molecular weight is 368 g/mol. The van der Waals surface area contributed by atoms with E-state index in [2.05, 4.69) is 10.4 Å². The lowest BCUT2D eigenvalue weighted by atomic mass is 10.0. The Morgan fingerprint density at radius 2 is 1.93 bits per heavy atom. The van der Waals surface area contributed by atoms with Gasteiger partial charge in [-0.25, -0.2) is 14.3 Å². The van der Waals surface area contributed by atoms with E-state index < -0.39 is 12.0 Å². The van der Waals surface area contributed by atoms with Gasteiger partial charge in [0.25, 0.3) is 0 Å². The van der Waals surface area contributed by atoms with Crippen molar-refractivity contribution in [1.29, 1.82) is 0 Å². The minimum absolute atomic E-state index is 0.176. The van der Waals surface area contributed by atoms with Crippen molar-refractivity contribution in [3.63, 3.8) is 0 Å². The molecule has 142 valence electrons. The first kappa shape index (κ1) is 18.8. The summed E-state index contributed by atoms with van der Waals surface area (Å²) in [5.41, 5.74) is 4.45. The van der Waals surface area contributed by atoms with Gasteiger partial charge in [0, 0.05) is 23.2 Å². The third-order valence-electron chi connectivity index (χ3n) is 4.87. The van der Waals surface area contributed by atoms with Gasteiger partial charge in [0.15, 0.2) is 5.65 Å². The first-order valence-electron chi connectivity index (χ1n) is 9.05.